The maximum Gasteiger partial charge on any atom is 0.248 e. The molecule has 134 valence electrons. The maximum atomic E-state index is 12.1. The number of anilines is 1. The first-order valence-corrected chi connectivity index (χ1v) is 9.29. The van der Waals surface area contributed by atoms with Gasteiger partial charge in [0.15, 0.2) is 6.61 Å². The molecule has 6 heteroatoms. The zero-order valence-electron chi connectivity index (χ0n) is 14.2. The Bertz CT molecular complexity index is 1020. The van der Waals surface area contributed by atoms with Crippen molar-refractivity contribution in [1.82, 2.24) is 0 Å². The fourth-order valence-corrected chi connectivity index (χ4v) is 3.61. The highest BCUT2D eigenvalue weighted by Gasteiger charge is 2.06. The number of carbonyl (C=O) groups is 1. The lowest BCUT2D eigenvalue weighted by Gasteiger charge is -2.05. The van der Waals surface area contributed by atoms with Gasteiger partial charge in [-0.3, -0.25) is 4.79 Å². The van der Waals surface area contributed by atoms with Crippen molar-refractivity contribution >= 4 is 40.6 Å². The van der Waals surface area contributed by atoms with E-state index in [0.717, 1.165) is 15.3 Å². The SMILES string of the molecule is N#CCOc1cccc(NC(=O)/C=C/c2ccc(-c3ccccc3Cl)s2)c1. The Balaban J connectivity index is 1.64. The van der Waals surface area contributed by atoms with Gasteiger partial charge in [-0.25, -0.2) is 0 Å². The monoisotopic (exact) mass is 394 g/mol. The van der Waals surface area contributed by atoms with Crippen LogP contribution in [0.15, 0.2) is 66.7 Å². The maximum absolute atomic E-state index is 12.1. The third-order valence-corrected chi connectivity index (χ3v) is 4.98. The van der Waals surface area contributed by atoms with Gasteiger partial charge >= 0.3 is 0 Å². The predicted octanol–water partition coefficient (Wildman–Crippen LogP) is 5.62. The lowest BCUT2D eigenvalue weighted by Crippen LogP contribution is -2.07. The number of carbonyl (C=O) groups excluding carboxylic acids is 1. The molecule has 1 amide bonds. The van der Waals surface area contributed by atoms with Crippen molar-refractivity contribution in [2.45, 2.75) is 0 Å². The molecule has 0 aliphatic carbocycles. The molecule has 0 radical (unpaired) electrons. The van der Waals surface area contributed by atoms with Gasteiger partial charge in [-0.1, -0.05) is 35.9 Å². The molecule has 1 heterocycles. The van der Waals surface area contributed by atoms with E-state index in [0.29, 0.717) is 16.5 Å². The molecule has 2 aromatic carbocycles. The summed E-state index contributed by atoms with van der Waals surface area (Å²) in [7, 11) is 0. The smallest absolute Gasteiger partial charge is 0.248 e. The molecular formula is C21H15ClN2O2S. The summed E-state index contributed by atoms with van der Waals surface area (Å²) in [6.07, 6.45) is 3.24. The highest BCUT2D eigenvalue weighted by Crippen LogP contribution is 2.33. The number of ether oxygens (including phenoxy) is 1. The fraction of sp³-hybridized carbons (Fsp3) is 0.0476. The third kappa shape index (κ3) is 5.20. The minimum atomic E-state index is -0.250. The van der Waals surface area contributed by atoms with E-state index in [1.54, 1.807) is 41.7 Å². The number of halogens is 1. The fourth-order valence-electron chi connectivity index (χ4n) is 2.37. The second kappa shape index (κ2) is 9.04. The van der Waals surface area contributed by atoms with Crippen LogP contribution >= 0.6 is 22.9 Å². The van der Waals surface area contributed by atoms with Gasteiger partial charge in [0, 0.05) is 38.2 Å². The van der Waals surface area contributed by atoms with Gasteiger partial charge in [0.05, 0.1) is 0 Å². The minimum Gasteiger partial charge on any atom is -0.479 e. The molecule has 4 nitrogen and oxygen atoms in total. The first kappa shape index (κ1) is 18.7. The van der Waals surface area contributed by atoms with Crippen LogP contribution in [-0.4, -0.2) is 12.5 Å². The molecule has 0 aliphatic rings. The summed E-state index contributed by atoms with van der Waals surface area (Å²) in [4.78, 5) is 14.1. The topological polar surface area (TPSA) is 62.1 Å². The van der Waals surface area contributed by atoms with E-state index in [-0.39, 0.29) is 12.5 Å². The quantitative estimate of drug-likeness (QED) is 0.551. The van der Waals surface area contributed by atoms with Crippen molar-refractivity contribution in [3.05, 3.63) is 76.6 Å². The molecule has 0 atom stereocenters. The van der Waals surface area contributed by atoms with E-state index < -0.39 is 0 Å². The van der Waals surface area contributed by atoms with Crippen LogP contribution in [0.5, 0.6) is 5.75 Å². The van der Waals surface area contributed by atoms with Crippen molar-refractivity contribution in [3.63, 3.8) is 0 Å². The number of rotatable bonds is 6. The van der Waals surface area contributed by atoms with Crippen molar-refractivity contribution in [2.24, 2.45) is 0 Å². The van der Waals surface area contributed by atoms with E-state index in [1.807, 2.05) is 42.5 Å². The van der Waals surface area contributed by atoms with Gasteiger partial charge in [-0.15, -0.1) is 11.3 Å². The normalized spacial score (nSPS) is 10.5. The molecule has 0 fully saturated rings. The zero-order valence-corrected chi connectivity index (χ0v) is 15.8. The molecule has 0 bridgehead atoms. The lowest BCUT2D eigenvalue weighted by molar-refractivity contribution is -0.111. The summed E-state index contributed by atoms with van der Waals surface area (Å²) in [5, 5.41) is 12.0. The van der Waals surface area contributed by atoms with Crippen LogP contribution in [0.2, 0.25) is 5.02 Å². The third-order valence-electron chi connectivity index (χ3n) is 3.57. The number of nitrogens with zero attached hydrogens (tertiary/aromatic N) is 1. The van der Waals surface area contributed by atoms with Gasteiger partial charge in [0.1, 0.15) is 11.8 Å². The zero-order chi connectivity index (χ0) is 19.1. The first-order chi connectivity index (χ1) is 13.2. The number of benzene rings is 2. The highest BCUT2D eigenvalue weighted by molar-refractivity contribution is 7.16. The molecule has 0 saturated carbocycles. The van der Waals surface area contributed by atoms with Gasteiger partial charge in [0.2, 0.25) is 5.91 Å². The average Bonchev–Trinajstić information content (AvgIpc) is 3.14. The lowest BCUT2D eigenvalue weighted by atomic mass is 10.2. The van der Waals surface area contributed by atoms with Gasteiger partial charge in [-0.2, -0.15) is 5.26 Å². The van der Waals surface area contributed by atoms with Crippen LogP contribution in [0.4, 0.5) is 5.69 Å². The number of hydrogen-bond acceptors (Lipinski definition) is 4. The van der Waals surface area contributed by atoms with Crippen LogP contribution in [0.1, 0.15) is 4.88 Å². The van der Waals surface area contributed by atoms with Crippen LogP contribution in [0, 0.1) is 11.3 Å². The van der Waals surface area contributed by atoms with Crippen LogP contribution in [-0.2, 0) is 4.79 Å². The van der Waals surface area contributed by atoms with Gasteiger partial charge < -0.3 is 10.1 Å². The molecule has 0 aliphatic heterocycles. The summed E-state index contributed by atoms with van der Waals surface area (Å²) in [6.45, 7) is -0.0382. The van der Waals surface area contributed by atoms with Gasteiger partial charge in [0.25, 0.3) is 0 Å². The molecule has 3 aromatic rings. The molecule has 0 saturated heterocycles. The summed E-state index contributed by atoms with van der Waals surface area (Å²) < 4.78 is 5.22. The summed E-state index contributed by atoms with van der Waals surface area (Å²) >= 11 is 7.78. The number of thiophene rings is 1. The Labute approximate surface area is 166 Å². The number of nitriles is 1. The van der Waals surface area contributed by atoms with Crippen LogP contribution < -0.4 is 10.1 Å². The molecule has 0 unspecified atom stereocenters. The number of nitrogens with one attached hydrogen (secondary N) is 1. The van der Waals surface area contributed by atoms with Crippen molar-refractivity contribution < 1.29 is 9.53 Å². The first-order valence-electron chi connectivity index (χ1n) is 8.09. The Kier molecular flexibility index (Phi) is 6.26. The Morgan fingerprint density at radius 2 is 2.04 bits per heavy atom. The van der Waals surface area contributed by atoms with E-state index in [2.05, 4.69) is 5.32 Å². The Hall–Kier alpha value is -3.07. The molecule has 3 rings (SSSR count). The summed E-state index contributed by atoms with van der Waals surface area (Å²) in [6, 6.07) is 20.4. The second-order valence-corrected chi connectivity index (χ2v) is 7.00. The molecular weight excluding hydrogens is 380 g/mol. The van der Waals surface area contributed by atoms with E-state index >= 15 is 0 Å². The molecule has 0 spiro atoms. The highest BCUT2D eigenvalue weighted by atomic mass is 35.5. The standard InChI is InChI=1S/C21H15ClN2O2S/c22-19-7-2-1-6-18(19)20-10-8-17(27-20)9-11-21(25)24-15-4-3-5-16(14-15)26-13-12-23/h1-11,14H,13H2,(H,24,25)/b11-9+. The van der Waals surface area contributed by atoms with E-state index in [9.17, 15) is 4.79 Å². The summed E-state index contributed by atoms with van der Waals surface area (Å²) in [5.41, 5.74) is 1.57. The molecule has 1 N–H and O–H groups in total. The second-order valence-electron chi connectivity index (χ2n) is 5.48. The molecule has 1 aromatic heterocycles. The van der Waals surface area contributed by atoms with E-state index in [4.69, 9.17) is 21.6 Å². The number of hydrogen-bond donors (Lipinski definition) is 1. The van der Waals surface area contributed by atoms with E-state index in [1.165, 1.54) is 6.08 Å². The van der Waals surface area contributed by atoms with Crippen molar-refractivity contribution in [3.8, 4) is 22.3 Å². The predicted molar refractivity (Wildman–Crippen MR) is 110 cm³/mol. The van der Waals surface area contributed by atoms with Crippen LogP contribution in [0.25, 0.3) is 16.5 Å². The minimum absolute atomic E-state index is 0.0382. The van der Waals surface area contributed by atoms with Crippen molar-refractivity contribution in [2.75, 3.05) is 11.9 Å². The Morgan fingerprint density at radius 1 is 1.19 bits per heavy atom. The van der Waals surface area contributed by atoms with Crippen molar-refractivity contribution in [1.29, 1.82) is 5.26 Å². The summed E-state index contributed by atoms with van der Waals surface area (Å²) in [5.74, 6) is 0.279. The largest absolute Gasteiger partial charge is 0.479 e. The molecule has 27 heavy (non-hydrogen) atoms. The number of amides is 1. The van der Waals surface area contributed by atoms with Crippen LogP contribution in [0.3, 0.4) is 0 Å². The Morgan fingerprint density at radius 3 is 2.85 bits per heavy atom. The van der Waals surface area contributed by atoms with Gasteiger partial charge in [-0.05, 0) is 36.4 Å². The average molecular weight is 395 g/mol.